The fraction of sp³-hybridized carbons (Fsp3) is 0.429. The molecule has 1 unspecified atom stereocenters. The molecule has 0 aliphatic carbocycles. The first-order chi connectivity index (χ1) is 8.56. The van der Waals surface area contributed by atoms with E-state index in [0.717, 1.165) is 29.2 Å². The summed E-state index contributed by atoms with van der Waals surface area (Å²) in [6.07, 6.45) is 2.77. The van der Waals surface area contributed by atoms with E-state index < -0.39 is 0 Å². The van der Waals surface area contributed by atoms with Gasteiger partial charge in [0.25, 0.3) is 0 Å². The van der Waals surface area contributed by atoms with Crippen LogP contribution in [0.5, 0.6) is 0 Å². The fourth-order valence-corrected chi connectivity index (χ4v) is 2.33. The molecule has 0 saturated carbocycles. The average Bonchev–Trinajstić information content (AvgIpc) is 2.64. The number of hydrogen-bond acceptors (Lipinski definition) is 3. The first kappa shape index (κ1) is 12.8. The zero-order valence-electron chi connectivity index (χ0n) is 11.4. The monoisotopic (exact) mass is 244 g/mol. The van der Waals surface area contributed by atoms with Gasteiger partial charge < -0.3 is 5.73 Å². The van der Waals surface area contributed by atoms with Crippen LogP contribution >= 0.6 is 0 Å². The summed E-state index contributed by atoms with van der Waals surface area (Å²) >= 11 is 0. The van der Waals surface area contributed by atoms with Gasteiger partial charge in [0.05, 0.1) is 5.69 Å². The summed E-state index contributed by atoms with van der Waals surface area (Å²) in [5.41, 5.74) is 10.5. The average molecular weight is 244 g/mol. The van der Waals surface area contributed by atoms with Crippen LogP contribution in [0.25, 0.3) is 5.82 Å². The highest BCUT2D eigenvalue weighted by Gasteiger charge is 2.16. The molecule has 2 heterocycles. The number of nitrogens with two attached hydrogens (primary N) is 1. The zero-order chi connectivity index (χ0) is 13.3. The molecule has 0 amide bonds. The van der Waals surface area contributed by atoms with Crippen molar-refractivity contribution in [3.8, 4) is 5.82 Å². The van der Waals surface area contributed by atoms with Gasteiger partial charge in [-0.25, -0.2) is 9.67 Å². The maximum Gasteiger partial charge on any atom is 0.158 e. The molecule has 0 aromatic carbocycles. The first-order valence-corrected chi connectivity index (χ1v) is 6.32. The maximum atomic E-state index is 6.00. The van der Waals surface area contributed by atoms with E-state index in [-0.39, 0.29) is 6.04 Å². The Morgan fingerprint density at radius 2 is 2.11 bits per heavy atom. The second-order valence-corrected chi connectivity index (χ2v) is 4.62. The molecule has 18 heavy (non-hydrogen) atoms. The summed E-state index contributed by atoms with van der Waals surface area (Å²) in [6.45, 7) is 8.23. The maximum absolute atomic E-state index is 6.00. The molecule has 2 aromatic heterocycles. The van der Waals surface area contributed by atoms with Crippen molar-refractivity contribution in [1.29, 1.82) is 0 Å². The van der Waals surface area contributed by atoms with E-state index in [0.29, 0.717) is 0 Å². The second kappa shape index (κ2) is 4.90. The third kappa shape index (κ3) is 2.04. The Morgan fingerprint density at radius 3 is 2.67 bits per heavy atom. The van der Waals surface area contributed by atoms with Crippen LogP contribution in [0.3, 0.4) is 0 Å². The minimum Gasteiger partial charge on any atom is -0.324 e. The van der Waals surface area contributed by atoms with Gasteiger partial charge in [-0.15, -0.1) is 0 Å². The minimum absolute atomic E-state index is 0.0531. The van der Waals surface area contributed by atoms with Crippen molar-refractivity contribution in [2.45, 2.75) is 40.2 Å². The molecule has 2 aromatic rings. The summed E-state index contributed by atoms with van der Waals surface area (Å²) in [5, 5.41) is 4.59. The van der Waals surface area contributed by atoms with Gasteiger partial charge >= 0.3 is 0 Å². The third-order valence-electron chi connectivity index (χ3n) is 3.30. The van der Waals surface area contributed by atoms with Crippen molar-refractivity contribution in [3.05, 3.63) is 40.8 Å². The molecular weight excluding hydrogens is 224 g/mol. The predicted octanol–water partition coefficient (Wildman–Crippen LogP) is 2.47. The van der Waals surface area contributed by atoms with Gasteiger partial charge in [-0.2, -0.15) is 5.10 Å². The summed E-state index contributed by atoms with van der Waals surface area (Å²) in [4.78, 5) is 4.44. The molecule has 0 aliphatic rings. The number of rotatable bonds is 3. The lowest BCUT2D eigenvalue weighted by Gasteiger charge is -2.12. The number of aromatic nitrogens is 3. The van der Waals surface area contributed by atoms with E-state index in [9.17, 15) is 0 Å². The summed E-state index contributed by atoms with van der Waals surface area (Å²) < 4.78 is 1.91. The Bertz CT molecular complexity index is 555. The highest BCUT2D eigenvalue weighted by atomic mass is 15.3. The highest BCUT2D eigenvalue weighted by Crippen LogP contribution is 2.22. The molecule has 4 heteroatoms. The van der Waals surface area contributed by atoms with Crippen LogP contribution in [0.4, 0.5) is 0 Å². The van der Waals surface area contributed by atoms with Crippen molar-refractivity contribution >= 4 is 0 Å². The predicted molar refractivity (Wildman–Crippen MR) is 72.8 cm³/mol. The van der Waals surface area contributed by atoms with E-state index >= 15 is 0 Å². The van der Waals surface area contributed by atoms with E-state index in [1.807, 2.05) is 30.7 Å². The van der Waals surface area contributed by atoms with Crippen LogP contribution in [0.1, 0.15) is 42.4 Å². The quantitative estimate of drug-likeness (QED) is 0.902. The molecule has 2 N–H and O–H groups in total. The highest BCUT2D eigenvalue weighted by molar-refractivity contribution is 5.39. The van der Waals surface area contributed by atoms with E-state index in [1.165, 1.54) is 5.56 Å². The molecule has 1 atom stereocenters. The first-order valence-electron chi connectivity index (χ1n) is 6.32. The van der Waals surface area contributed by atoms with Gasteiger partial charge in [0.2, 0.25) is 0 Å². The van der Waals surface area contributed by atoms with Crippen LogP contribution in [0.2, 0.25) is 0 Å². The normalized spacial score (nSPS) is 12.7. The van der Waals surface area contributed by atoms with Crippen molar-refractivity contribution in [3.63, 3.8) is 0 Å². The van der Waals surface area contributed by atoms with Crippen LogP contribution in [0.15, 0.2) is 18.3 Å². The molecule has 4 nitrogen and oxygen atoms in total. The Kier molecular flexibility index (Phi) is 3.48. The Hall–Kier alpha value is -1.68. The molecular formula is C14H20N4. The van der Waals surface area contributed by atoms with Gasteiger partial charge in [0.15, 0.2) is 5.82 Å². The molecule has 2 rings (SSSR count). The fourth-order valence-electron chi connectivity index (χ4n) is 2.33. The lowest BCUT2D eigenvalue weighted by molar-refractivity contribution is 0.745. The van der Waals surface area contributed by atoms with E-state index in [2.05, 4.69) is 23.9 Å². The topological polar surface area (TPSA) is 56.7 Å². The van der Waals surface area contributed by atoms with Crippen LogP contribution in [0, 0.1) is 13.8 Å². The van der Waals surface area contributed by atoms with Gasteiger partial charge in [0, 0.05) is 23.5 Å². The van der Waals surface area contributed by atoms with E-state index in [1.54, 1.807) is 6.20 Å². The van der Waals surface area contributed by atoms with Crippen molar-refractivity contribution in [2.24, 2.45) is 5.73 Å². The van der Waals surface area contributed by atoms with E-state index in [4.69, 9.17) is 5.73 Å². The molecule has 0 bridgehead atoms. The van der Waals surface area contributed by atoms with Crippen molar-refractivity contribution in [2.75, 3.05) is 0 Å². The van der Waals surface area contributed by atoms with Gasteiger partial charge in [-0.05, 0) is 38.8 Å². The van der Waals surface area contributed by atoms with Gasteiger partial charge in [0.1, 0.15) is 0 Å². The number of aryl methyl sites for hydroxylation is 1. The molecule has 0 radical (unpaired) electrons. The van der Waals surface area contributed by atoms with Crippen LogP contribution < -0.4 is 5.73 Å². The minimum atomic E-state index is -0.0531. The van der Waals surface area contributed by atoms with Crippen LogP contribution in [-0.4, -0.2) is 14.8 Å². The summed E-state index contributed by atoms with van der Waals surface area (Å²) in [5.74, 6) is 0.841. The number of nitrogens with zero attached hydrogens (tertiary/aromatic N) is 3. The largest absolute Gasteiger partial charge is 0.324 e. The lowest BCUT2D eigenvalue weighted by atomic mass is 10.1. The standard InChI is InChI=1S/C14H20N4/c1-5-12-10(3)17-18(11(12)4)14-13(9(2)15)7-6-8-16-14/h6-9H,5,15H2,1-4H3. The number of pyridine rings is 1. The summed E-state index contributed by atoms with van der Waals surface area (Å²) in [6, 6.07) is 3.87. The van der Waals surface area contributed by atoms with Gasteiger partial charge in [-0.1, -0.05) is 13.0 Å². The van der Waals surface area contributed by atoms with Crippen molar-refractivity contribution < 1.29 is 0 Å². The Labute approximate surface area is 108 Å². The van der Waals surface area contributed by atoms with Gasteiger partial charge in [-0.3, -0.25) is 0 Å². The molecule has 0 aliphatic heterocycles. The number of hydrogen-bond donors (Lipinski definition) is 1. The Morgan fingerprint density at radius 1 is 1.39 bits per heavy atom. The second-order valence-electron chi connectivity index (χ2n) is 4.62. The van der Waals surface area contributed by atoms with Crippen LogP contribution in [-0.2, 0) is 6.42 Å². The molecule has 0 saturated heterocycles. The SMILES string of the molecule is CCc1c(C)nn(-c2ncccc2C(C)N)c1C. The molecule has 96 valence electrons. The third-order valence-corrected chi connectivity index (χ3v) is 3.30. The smallest absolute Gasteiger partial charge is 0.158 e. The molecule has 0 spiro atoms. The summed E-state index contributed by atoms with van der Waals surface area (Å²) in [7, 11) is 0. The molecule has 0 fully saturated rings. The lowest BCUT2D eigenvalue weighted by Crippen LogP contribution is -2.13. The Balaban J connectivity index is 2.63. The van der Waals surface area contributed by atoms with Crippen molar-refractivity contribution in [1.82, 2.24) is 14.8 Å². The zero-order valence-corrected chi connectivity index (χ0v) is 11.4.